The van der Waals surface area contributed by atoms with Crippen LogP contribution >= 0.6 is 11.3 Å². The van der Waals surface area contributed by atoms with Crippen molar-refractivity contribution < 1.29 is 14.3 Å². The van der Waals surface area contributed by atoms with Gasteiger partial charge >= 0.3 is 0 Å². The summed E-state index contributed by atoms with van der Waals surface area (Å²) in [5.74, 6) is 1.94. The van der Waals surface area contributed by atoms with E-state index in [1.165, 1.54) is 29.7 Å². The summed E-state index contributed by atoms with van der Waals surface area (Å²) in [6, 6.07) is 9.77. The number of hydrogen-bond donors (Lipinski definition) is 1. The van der Waals surface area contributed by atoms with E-state index < -0.39 is 0 Å². The van der Waals surface area contributed by atoms with Crippen LogP contribution in [0.25, 0.3) is 21.3 Å². The lowest BCUT2D eigenvalue weighted by atomic mass is 10.1. The lowest BCUT2D eigenvalue weighted by molar-refractivity contribution is 0.0745. The van der Waals surface area contributed by atoms with Crippen LogP contribution < -0.4 is 9.47 Å². The molecule has 8 heteroatoms. The molecule has 1 aromatic carbocycles. The first-order valence-electron chi connectivity index (χ1n) is 11.5. The van der Waals surface area contributed by atoms with E-state index in [0.29, 0.717) is 24.0 Å². The van der Waals surface area contributed by atoms with Crippen LogP contribution in [0.5, 0.6) is 11.6 Å². The number of rotatable bonds is 9. The predicted molar refractivity (Wildman–Crippen MR) is 134 cm³/mol. The molecule has 5 rings (SSSR count). The van der Waals surface area contributed by atoms with Crippen LogP contribution in [0.1, 0.15) is 33.9 Å². The van der Waals surface area contributed by atoms with Crippen LogP contribution in [0.3, 0.4) is 0 Å². The van der Waals surface area contributed by atoms with Crippen molar-refractivity contribution in [3.05, 3.63) is 59.0 Å². The van der Waals surface area contributed by atoms with Gasteiger partial charge in [0.05, 0.1) is 24.1 Å². The van der Waals surface area contributed by atoms with Crippen molar-refractivity contribution in [2.75, 3.05) is 27.3 Å². The van der Waals surface area contributed by atoms with Crippen molar-refractivity contribution in [2.45, 2.75) is 26.2 Å². The van der Waals surface area contributed by atoms with Crippen molar-refractivity contribution in [1.82, 2.24) is 19.9 Å². The van der Waals surface area contributed by atoms with Crippen molar-refractivity contribution >= 4 is 28.1 Å². The van der Waals surface area contributed by atoms with E-state index in [4.69, 9.17) is 9.47 Å². The van der Waals surface area contributed by atoms with Crippen LogP contribution in [-0.4, -0.2) is 53.1 Å². The molecule has 1 aliphatic rings. The Labute approximate surface area is 202 Å². The highest BCUT2D eigenvalue weighted by Gasteiger charge is 2.30. The number of benzene rings is 1. The molecule has 0 bridgehead atoms. The van der Waals surface area contributed by atoms with Crippen LogP contribution in [0.15, 0.2) is 42.7 Å². The SMILES string of the molecule is COc1ccc2[nH]cc(CCN(CC3CC3)C(=O)c3nc(C)sc3-c3ccc(OC)nc3)c2c1. The zero-order valence-electron chi connectivity index (χ0n) is 19.6. The number of pyridine rings is 1. The zero-order chi connectivity index (χ0) is 23.7. The first-order chi connectivity index (χ1) is 16.6. The van der Waals surface area contributed by atoms with E-state index in [0.717, 1.165) is 45.1 Å². The second-order valence-electron chi connectivity index (χ2n) is 8.67. The van der Waals surface area contributed by atoms with E-state index >= 15 is 0 Å². The lowest BCUT2D eigenvalue weighted by Crippen LogP contribution is -2.35. The third-order valence-electron chi connectivity index (χ3n) is 6.23. The number of carbonyl (C=O) groups is 1. The van der Waals surface area contributed by atoms with Gasteiger partial charge in [-0.15, -0.1) is 11.3 Å². The third kappa shape index (κ3) is 4.63. The molecule has 0 unspecified atom stereocenters. The van der Waals surface area contributed by atoms with Gasteiger partial charge in [0, 0.05) is 48.0 Å². The number of nitrogens with zero attached hydrogens (tertiary/aromatic N) is 3. The number of aromatic amines is 1. The van der Waals surface area contributed by atoms with Crippen molar-refractivity contribution in [2.24, 2.45) is 5.92 Å². The Morgan fingerprint density at radius 2 is 2.06 bits per heavy atom. The number of carbonyl (C=O) groups excluding carboxylic acids is 1. The number of hydrogen-bond acceptors (Lipinski definition) is 6. The molecule has 0 radical (unpaired) electrons. The second-order valence-corrected chi connectivity index (χ2v) is 9.87. The summed E-state index contributed by atoms with van der Waals surface area (Å²) in [6.07, 6.45) is 6.89. The monoisotopic (exact) mass is 476 g/mol. The smallest absolute Gasteiger partial charge is 0.274 e. The van der Waals surface area contributed by atoms with Gasteiger partial charge in [0.1, 0.15) is 11.4 Å². The summed E-state index contributed by atoms with van der Waals surface area (Å²) in [5.41, 5.74) is 3.64. The number of fused-ring (bicyclic) bond motifs is 1. The van der Waals surface area contributed by atoms with Crippen molar-refractivity contribution in [3.63, 3.8) is 0 Å². The topological polar surface area (TPSA) is 80.3 Å². The number of aromatic nitrogens is 3. The van der Waals surface area contributed by atoms with Crippen LogP contribution in [0.4, 0.5) is 0 Å². The maximum Gasteiger partial charge on any atom is 0.274 e. The summed E-state index contributed by atoms with van der Waals surface area (Å²) in [7, 11) is 3.27. The van der Waals surface area contributed by atoms with Gasteiger partial charge in [-0.3, -0.25) is 4.79 Å². The fraction of sp³-hybridized carbons (Fsp3) is 0.346. The maximum atomic E-state index is 13.8. The summed E-state index contributed by atoms with van der Waals surface area (Å²) in [6.45, 7) is 3.34. The Bertz CT molecular complexity index is 1310. The van der Waals surface area contributed by atoms with E-state index in [1.54, 1.807) is 20.4 Å². The van der Waals surface area contributed by atoms with Crippen LogP contribution in [0.2, 0.25) is 0 Å². The Morgan fingerprint density at radius 1 is 1.21 bits per heavy atom. The van der Waals surface area contributed by atoms with Crippen LogP contribution in [0, 0.1) is 12.8 Å². The van der Waals surface area contributed by atoms with Gasteiger partial charge in [0.15, 0.2) is 0 Å². The first kappa shape index (κ1) is 22.4. The van der Waals surface area contributed by atoms with E-state index in [9.17, 15) is 4.79 Å². The summed E-state index contributed by atoms with van der Waals surface area (Å²) < 4.78 is 10.6. The minimum atomic E-state index is -0.0144. The standard InChI is InChI=1S/C26H28N4O3S/c1-16-29-24(25(34-16)19-6-9-23(33-3)28-14-19)26(31)30(15-17-4-5-17)11-10-18-13-27-22-8-7-20(32-2)12-21(18)22/h6-9,12-14,17,27H,4-5,10-11,15H2,1-3H3. The molecule has 4 aromatic rings. The van der Waals surface area contributed by atoms with Gasteiger partial charge in [0.2, 0.25) is 5.88 Å². The molecule has 1 saturated carbocycles. The molecule has 1 fully saturated rings. The van der Waals surface area contributed by atoms with Gasteiger partial charge < -0.3 is 19.4 Å². The highest BCUT2D eigenvalue weighted by Crippen LogP contribution is 2.34. The molecule has 34 heavy (non-hydrogen) atoms. The zero-order valence-corrected chi connectivity index (χ0v) is 20.4. The Balaban J connectivity index is 1.40. The molecule has 0 aliphatic heterocycles. The fourth-order valence-corrected chi connectivity index (χ4v) is 5.09. The normalized spacial score (nSPS) is 13.3. The average molecular weight is 477 g/mol. The summed E-state index contributed by atoms with van der Waals surface area (Å²) in [4.78, 5) is 28.9. The van der Waals surface area contributed by atoms with Crippen molar-refractivity contribution in [1.29, 1.82) is 0 Å². The molecule has 0 saturated heterocycles. The maximum absolute atomic E-state index is 13.8. The molecule has 1 aliphatic carbocycles. The minimum Gasteiger partial charge on any atom is -0.497 e. The minimum absolute atomic E-state index is 0.0144. The van der Waals surface area contributed by atoms with Gasteiger partial charge in [-0.25, -0.2) is 9.97 Å². The molecule has 176 valence electrons. The highest BCUT2D eigenvalue weighted by molar-refractivity contribution is 7.15. The predicted octanol–water partition coefficient (Wildman–Crippen LogP) is 5.11. The van der Waals surface area contributed by atoms with E-state index in [-0.39, 0.29) is 5.91 Å². The molecule has 1 N–H and O–H groups in total. The largest absolute Gasteiger partial charge is 0.497 e. The molecule has 0 atom stereocenters. The van der Waals surface area contributed by atoms with Gasteiger partial charge in [-0.05, 0) is 61.9 Å². The fourth-order valence-electron chi connectivity index (χ4n) is 4.19. The van der Waals surface area contributed by atoms with Crippen molar-refractivity contribution in [3.8, 4) is 22.1 Å². The molecule has 3 heterocycles. The van der Waals surface area contributed by atoms with Gasteiger partial charge in [0.25, 0.3) is 5.91 Å². The number of aryl methyl sites for hydroxylation is 1. The lowest BCUT2D eigenvalue weighted by Gasteiger charge is -2.22. The van der Waals surface area contributed by atoms with E-state index in [1.807, 2.05) is 48.4 Å². The Kier molecular flexibility index (Phi) is 6.24. The number of amides is 1. The molecular formula is C26H28N4O3S. The highest BCUT2D eigenvalue weighted by atomic mass is 32.1. The quantitative estimate of drug-likeness (QED) is 0.363. The summed E-state index contributed by atoms with van der Waals surface area (Å²) in [5, 5.41) is 2.00. The molecule has 1 amide bonds. The van der Waals surface area contributed by atoms with Gasteiger partial charge in [-0.1, -0.05) is 0 Å². The van der Waals surface area contributed by atoms with Crippen LogP contribution in [-0.2, 0) is 6.42 Å². The number of thiazole rings is 1. The van der Waals surface area contributed by atoms with Gasteiger partial charge in [-0.2, -0.15) is 0 Å². The Morgan fingerprint density at radius 3 is 2.76 bits per heavy atom. The second kappa shape index (κ2) is 9.46. The average Bonchev–Trinajstić information content (AvgIpc) is 3.47. The number of H-pyrrole nitrogens is 1. The summed E-state index contributed by atoms with van der Waals surface area (Å²) >= 11 is 1.52. The molecule has 7 nitrogen and oxygen atoms in total. The number of methoxy groups -OCH3 is 2. The molecular weight excluding hydrogens is 448 g/mol. The first-order valence-corrected chi connectivity index (χ1v) is 12.3. The number of nitrogens with one attached hydrogen (secondary N) is 1. The Hall–Kier alpha value is -3.39. The number of ether oxygens (including phenoxy) is 2. The third-order valence-corrected chi connectivity index (χ3v) is 7.25. The van der Waals surface area contributed by atoms with E-state index in [2.05, 4.69) is 15.0 Å². The molecule has 3 aromatic heterocycles. The molecule has 0 spiro atoms.